The summed E-state index contributed by atoms with van der Waals surface area (Å²) in [6.07, 6.45) is 0.927. The Bertz CT molecular complexity index is 999. The standard InChI is InChI=1S/C23H25N3O5/c1-5-14-26(23(27)16(2)30-20-12-10-19(29-4)11-13-20)15-21-24-22(25-31-21)17-6-8-18(28-3)9-7-17/h5-13,16H,1,14-15H2,2-4H3/t16-/m1/s1. The Balaban J connectivity index is 1.67. The van der Waals surface area contributed by atoms with Crippen molar-refractivity contribution in [2.45, 2.75) is 19.6 Å². The van der Waals surface area contributed by atoms with E-state index in [2.05, 4.69) is 16.7 Å². The van der Waals surface area contributed by atoms with Gasteiger partial charge in [-0.05, 0) is 55.5 Å². The number of carbonyl (C=O) groups excluding carboxylic acids is 1. The number of carbonyl (C=O) groups is 1. The number of methoxy groups -OCH3 is 2. The van der Waals surface area contributed by atoms with E-state index in [-0.39, 0.29) is 12.5 Å². The van der Waals surface area contributed by atoms with Gasteiger partial charge in [-0.2, -0.15) is 4.98 Å². The molecule has 162 valence electrons. The molecule has 3 aromatic rings. The fourth-order valence-electron chi connectivity index (χ4n) is 2.89. The summed E-state index contributed by atoms with van der Waals surface area (Å²) in [5.74, 6) is 2.55. The summed E-state index contributed by atoms with van der Waals surface area (Å²) >= 11 is 0. The number of rotatable bonds is 10. The minimum absolute atomic E-state index is 0.143. The van der Waals surface area contributed by atoms with Crippen molar-refractivity contribution in [1.29, 1.82) is 0 Å². The number of aromatic nitrogens is 2. The van der Waals surface area contributed by atoms with Gasteiger partial charge in [0.25, 0.3) is 5.91 Å². The number of hydrogen-bond acceptors (Lipinski definition) is 7. The number of amides is 1. The molecule has 0 bridgehead atoms. The zero-order valence-corrected chi connectivity index (χ0v) is 17.8. The van der Waals surface area contributed by atoms with E-state index in [1.54, 1.807) is 56.4 Å². The Kier molecular flexibility index (Phi) is 7.26. The molecule has 1 heterocycles. The van der Waals surface area contributed by atoms with Crippen LogP contribution in [0.25, 0.3) is 11.4 Å². The van der Waals surface area contributed by atoms with Gasteiger partial charge >= 0.3 is 0 Å². The molecule has 2 aromatic carbocycles. The second kappa shape index (κ2) is 10.3. The van der Waals surface area contributed by atoms with Crippen LogP contribution in [0.5, 0.6) is 17.2 Å². The minimum atomic E-state index is -0.711. The summed E-state index contributed by atoms with van der Waals surface area (Å²) in [7, 11) is 3.19. The second-order valence-corrected chi connectivity index (χ2v) is 6.68. The molecule has 0 spiro atoms. The fraction of sp³-hybridized carbons (Fsp3) is 0.261. The summed E-state index contributed by atoms with van der Waals surface area (Å²) in [6, 6.07) is 14.4. The van der Waals surface area contributed by atoms with E-state index >= 15 is 0 Å². The molecule has 8 heteroatoms. The molecule has 0 aliphatic carbocycles. The maximum Gasteiger partial charge on any atom is 0.264 e. The van der Waals surface area contributed by atoms with E-state index in [1.165, 1.54) is 0 Å². The maximum atomic E-state index is 12.9. The lowest BCUT2D eigenvalue weighted by atomic mass is 10.2. The van der Waals surface area contributed by atoms with Crippen LogP contribution in [0.4, 0.5) is 0 Å². The molecule has 8 nitrogen and oxygen atoms in total. The summed E-state index contributed by atoms with van der Waals surface area (Å²) in [5.41, 5.74) is 0.786. The molecule has 31 heavy (non-hydrogen) atoms. The fourth-order valence-corrected chi connectivity index (χ4v) is 2.89. The third-order valence-corrected chi connectivity index (χ3v) is 4.52. The number of hydrogen-bond donors (Lipinski definition) is 0. The third-order valence-electron chi connectivity index (χ3n) is 4.52. The first kappa shape index (κ1) is 21.9. The molecule has 0 aliphatic heterocycles. The van der Waals surface area contributed by atoms with Gasteiger partial charge in [0.1, 0.15) is 23.8 Å². The van der Waals surface area contributed by atoms with Crippen LogP contribution in [0.1, 0.15) is 12.8 Å². The molecule has 0 saturated heterocycles. The van der Waals surface area contributed by atoms with Crippen molar-refractivity contribution >= 4 is 5.91 Å². The maximum absolute atomic E-state index is 12.9. The zero-order chi connectivity index (χ0) is 22.2. The first-order valence-electron chi connectivity index (χ1n) is 9.71. The SMILES string of the molecule is C=CCN(Cc1nc(-c2ccc(OC)cc2)no1)C(=O)[C@@H](C)Oc1ccc(OC)cc1. The van der Waals surface area contributed by atoms with Crippen molar-refractivity contribution in [3.63, 3.8) is 0 Å². The van der Waals surface area contributed by atoms with Crippen molar-refractivity contribution in [3.8, 4) is 28.6 Å². The van der Waals surface area contributed by atoms with Crippen molar-refractivity contribution in [3.05, 3.63) is 67.1 Å². The molecule has 3 rings (SSSR count). The number of ether oxygens (including phenoxy) is 3. The van der Waals surface area contributed by atoms with Gasteiger partial charge in [-0.25, -0.2) is 0 Å². The van der Waals surface area contributed by atoms with E-state index < -0.39 is 6.10 Å². The molecular weight excluding hydrogens is 398 g/mol. The first-order chi connectivity index (χ1) is 15.0. The van der Waals surface area contributed by atoms with E-state index in [0.29, 0.717) is 29.8 Å². The Morgan fingerprint density at radius 1 is 1.06 bits per heavy atom. The monoisotopic (exact) mass is 423 g/mol. The van der Waals surface area contributed by atoms with Crippen LogP contribution in [-0.4, -0.2) is 47.8 Å². The Hall–Kier alpha value is -3.81. The predicted molar refractivity (Wildman–Crippen MR) is 115 cm³/mol. The van der Waals surface area contributed by atoms with Crippen LogP contribution in [-0.2, 0) is 11.3 Å². The highest BCUT2D eigenvalue weighted by Gasteiger charge is 2.24. The smallest absolute Gasteiger partial charge is 0.264 e. The molecule has 0 fully saturated rings. The predicted octanol–water partition coefficient (Wildman–Crippen LogP) is 3.74. The summed E-state index contributed by atoms with van der Waals surface area (Å²) in [4.78, 5) is 18.9. The highest BCUT2D eigenvalue weighted by Crippen LogP contribution is 2.21. The van der Waals surface area contributed by atoms with Crippen LogP contribution < -0.4 is 14.2 Å². The van der Waals surface area contributed by atoms with Crippen LogP contribution in [0.3, 0.4) is 0 Å². The van der Waals surface area contributed by atoms with E-state index in [4.69, 9.17) is 18.7 Å². The van der Waals surface area contributed by atoms with Crippen molar-refractivity contribution in [2.75, 3.05) is 20.8 Å². The summed E-state index contributed by atoms with van der Waals surface area (Å²) < 4.78 is 21.4. The normalized spacial score (nSPS) is 11.5. The topological polar surface area (TPSA) is 86.9 Å². The van der Waals surface area contributed by atoms with Gasteiger partial charge in [0.2, 0.25) is 11.7 Å². The number of benzene rings is 2. The largest absolute Gasteiger partial charge is 0.497 e. The number of nitrogens with zero attached hydrogens (tertiary/aromatic N) is 3. The van der Waals surface area contributed by atoms with Gasteiger partial charge in [0.05, 0.1) is 14.2 Å². The van der Waals surface area contributed by atoms with Gasteiger partial charge in [-0.15, -0.1) is 6.58 Å². The van der Waals surface area contributed by atoms with Crippen LogP contribution in [0, 0.1) is 0 Å². The zero-order valence-electron chi connectivity index (χ0n) is 17.8. The summed E-state index contributed by atoms with van der Waals surface area (Å²) in [5, 5.41) is 4.01. The van der Waals surface area contributed by atoms with Crippen molar-refractivity contribution < 1.29 is 23.5 Å². The van der Waals surface area contributed by atoms with Crippen molar-refractivity contribution in [1.82, 2.24) is 15.0 Å². The molecule has 0 N–H and O–H groups in total. The lowest BCUT2D eigenvalue weighted by molar-refractivity contribution is -0.138. The molecular formula is C23H25N3O5. The minimum Gasteiger partial charge on any atom is -0.497 e. The highest BCUT2D eigenvalue weighted by atomic mass is 16.5. The Morgan fingerprint density at radius 3 is 2.23 bits per heavy atom. The first-order valence-corrected chi connectivity index (χ1v) is 9.71. The molecule has 0 unspecified atom stereocenters. The van der Waals surface area contributed by atoms with Crippen molar-refractivity contribution in [2.24, 2.45) is 0 Å². The van der Waals surface area contributed by atoms with Gasteiger partial charge in [-0.1, -0.05) is 11.2 Å². The van der Waals surface area contributed by atoms with Gasteiger partial charge in [-0.3, -0.25) is 4.79 Å². The second-order valence-electron chi connectivity index (χ2n) is 6.68. The van der Waals surface area contributed by atoms with Crippen LogP contribution in [0.2, 0.25) is 0 Å². The van der Waals surface area contributed by atoms with Crippen LogP contribution in [0.15, 0.2) is 65.7 Å². The van der Waals surface area contributed by atoms with Gasteiger partial charge in [0.15, 0.2) is 6.10 Å². The molecule has 0 saturated carbocycles. The molecule has 1 atom stereocenters. The van der Waals surface area contributed by atoms with Crippen LogP contribution >= 0.6 is 0 Å². The van der Waals surface area contributed by atoms with Gasteiger partial charge < -0.3 is 23.6 Å². The van der Waals surface area contributed by atoms with E-state index in [9.17, 15) is 4.79 Å². The molecule has 0 radical (unpaired) electrons. The van der Waals surface area contributed by atoms with E-state index in [0.717, 1.165) is 11.3 Å². The molecule has 1 amide bonds. The average molecular weight is 423 g/mol. The Labute approximate surface area is 181 Å². The van der Waals surface area contributed by atoms with Gasteiger partial charge in [0, 0.05) is 12.1 Å². The summed E-state index contributed by atoms with van der Waals surface area (Å²) in [6.45, 7) is 5.88. The highest BCUT2D eigenvalue weighted by molar-refractivity contribution is 5.81. The van der Waals surface area contributed by atoms with E-state index in [1.807, 2.05) is 24.3 Å². The third kappa shape index (κ3) is 5.63. The lowest BCUT2D eigenvalue weighted by Crippen LogP contribution is -2.40. The molecule has 1 aromatic heterocycles. The average Bonchev–Trinajstić information content (AvgIpc) is 3.27. The quantitative estimate of drug-likeness (QED) is 0.459. The molecule has 0 aliphatic rings. The lowest BCUT2D eigenvalue weighted by Gasteiger charge is -2.23. The Morgan fingerprint density at radius 2 is 1.65 bits per heavy atom.